The third kappa shape index (κ3) is 3.35. The van der Waals surface area contributed by atoms with Crippen LogP contribution in [0.5, 0.6) is 0 Å². The van der Waals surface area contributed by atoms with Crippen LogP contribution in [0.4, 0.5) is 0 Å². The summed E-state index contributed by atoms with van der Waals surface area (Å²) in [4.78, 5) is 11.4. The maximum Gasteiger partial charge on any atom is 0.220 e. The number of aryl methyl sites for hydroxylation is 1. The second-order valence-electron chi connectivity index (χ2n) is 4.97. The predicted molar refractivity (Wildman–Crippen MR) is 66.9 cm³/mol. The minimum absolute atomic E-state index is 0.115. The Kier molecular flexibility index (Phi) is 3.87. The number of carbonyl (C=O) groups is 1. The van der Waals surface area contributed by atoms with E-state index in [9.17, 15) is 4.79 Å². The Morgan fingerprint density at radius 3 is 2.94 bits per heavy atom. The highest BCUT2D eigenvalue weighted by molar-refractivity contribution is 5.75. The summed E-state index contributed by atoms with van der Waals surface area (Å²) in [5.41, 5.74) is 0. The van der Waals surface area contributed by atoms with E-state index in [0.29, 0.717) is 18.8 Å². The standard InChI is InChI=1S/C14H21NO2/c1-3-8-15-14(16)7-5-11-4-6-13(17-11)12-9-10(12)2/h4,6,10,12H,3,5,7-9H2,1-2H3,(H,15,16). The second kappa shape index (κ2) is 5.39. The predicted octanol–water partition coefficient (Wildman–Crippen LogP) is 2.86. The summed E-state index contributed by atoms with van der Waals surface area (Å²) in [7, 11) is 0. The fraction of sp³-hybridized carbons (Fsp3) is 0.643. The first kappa shape index (κ1) is 12.2. The zero-order chi connectivity index (χ0) is 12.3. The molecule has 1 N–H and O–H groups in total. The van der Waals surface area contributed by atoms with Gasteiger partial charge in [-0.1, -0.05) is 13.8 Å². The highest BCUT2D eigenvalue weighted by atomic mass is 16.3. The molecule has 1 aliphatic carbocycles. The molecule has 1 aliphatic rings. The minimum Gasteiger partial charge on any atom is -0.466 e. The number of furan rings is 1. The first-order valence-electron chi connectivity index (χ1n) is 6.56. The van der Waals surface area contributed by atoms with Crippen LogP contribution in [0.3, 0.4) is 0 Å². The summed E-state index contributed by atoms with van der Waals surface area (Å²) in [5, 5.41) is 2.87. The number of hydrogen-bond acceptors (Lipinski definition) is 2. The highest BCUT2D eigenvalue weighted by Crippen LogP contribution is 2.47. The second-order valence-corrected chi connectivity index (χ2v) is 4.97. The summed E-state index contributed by atoms with van der Waals surface area (Å²) in [6, 6.07) is 4.07. The average molecular weight is 235 g/mol. The maximum atomic E-state index is 11.4. The van der Waals surface area contributed by atoms with Crippen molar-refractivity contribution in [1.82, 2.24) is 5.32 Å². The number of nitrogens with one attached hydrogen (secondary N) is 1. The van der Waals surface area contributed by atoms with Crippen LogP contribution < -0.4 is 5.32 Å². The van der Waals surface area contributed by atoms with E-state index in [4.69, 9.17) is 4.42 Å². The topological polar surface area (TPSA) is 42.2 Å². The van der Waals surface area contributed by atoms with Crippen LogP contribution in [0.1, 0.15) is 50.5 Å². The van der Waals surface area contributed by atoms with Gasteiger partial charge in [0.15, 0.2) is 0 Å². The highest BCUT2D eigenvalue weighted by Gasteiger charge is 2.36. The molecular formula is C14H21NO2. The smallest absolute Gasteiger partial charge is 0.220 e. The summed E-state index contributed by atoms with van der Waals surface area (Å²) >= 11 is 0. The van der Waals surface area contributed by atoms with Crippen LogP contribution in [-0.2, 0) is 11.2 Å². The van der Waals surface area contributed by atoms with Crippen molar-refractivity contribution in [2.45, 2.75) is 45.4 Å². The lowest BCUT2D eigenvalue weighted by Crippen LogP contribution is -2.24. The molecule has 2 rings (SSSR count). The lowest BCUT2D eigenvalue weighted by molar-refractivity contribution is -0.121. The van der Waals surface area contributed by atoms with Crippen molar-refractivity contribution in [1.29, 1.82) is 0 Å². The quantitative estimate of drug-likeness (QED) is 0.823. The molecule has 94 valence electrons. The molecule has 1 aromatic heterocycles. The van der Waals surface area contributed by atoms with Crippen LogP contribution in [0.15, 0.2) is 16.5 Å². The van der Waals surface area contributed by atoms with Crippen LogP contribution in [0, 0.1) is 5.92 Å². The molecule has 0 aliphatic heterocycles. The molecular weight excluding hydrogens is 214 g/mol. The van der Waals surface area contributed by atoms with E-state index in [2.05, 4.69) is 25.2 Å². The Morgan fingerprint density at radius 1 is 1.53 bits per heavy atom. The van der Waals surface area contributed by atoms with Crippen molar-refractivity contribution in [3.63, 3.8) is 0 Å². The van der Waals surface area contributed by atoms with Crippen molar-refractivity contribution in [3.8, 4) is 0 Å². The molecule has 2 atom stereocenters. The Hall–Kier alpha value is -1.25. The fourth-order valence-electron chi connectivity index (χ4n) is 2.04. The van der Waals surface area contributed by atoms with Gasteiger partial charge in [0.2, 0.25) is 5.91 Å². The van der Waals surface area contributed by atoms with Crippen molar-refractivity contribution in [2.75, 3.05) is 6.54 Å². The molecule has 1 amide bonds. The van der Waals surface area contributed by atoms with E-state index in [1.807, 2.05) is 6.07 Å². The Bertz CT molecular complexity index is 383. The molecule has 0 bridgehead atoms. The monoisotopic (exact) mass is 235 g/mol. The van der Waals surface area contributed by atoms with Crippen molar-refractivity contribution >= 4 is 5.91 Å². The van der Waals surface area contributed by atoms with E-state index in [-0.39, 0.29) is 5.91 Å². The molecule has 0 aromatic carbocycles. The zero-order valence-electron chi connectivity index (χ0n) is 10.7. The molecule has 3 nitrogen and oxygen atoms in total. The van der Waals surface area contributed by atoms with Gasteiger partial charge < -0.3 is 9.73 Å². The Balaban J connectivity index is 1.75. The van der Waals surface area contributed by atoms with Crippen molar-refractivity contribution in [2.24, 2.45) is 5.92 Å². The largest absolute Gasteiger partial charge is 0.466 e. The molecule has 0 saturated heterocycles. The molecule has 0 spiro atoms. The fourth-order valence-corrected chi connectivity index (χ4v) is 2.04. The number of hydrogen-bond donors (Lipinski definition) is 1. The van der Waals surface area contributed by atoms with E-state index < -0.39 is 0 Å². The summed E-state index contributed by atoms with van der Waals surface area (Å²) in [6.07, 6.45) is 3.45. The number of carbonyl (C=O) groups excluding carboxylic acids is 1. The summed E-state index contributed by atoms with van der Waals surface area (Å²) in [5.74, 6) is 3.54. The van der Waals surface area contributed by atoms with Crippen molar-refractivity contribution in [3.05, 3.63) is 23.7 Å². The molecule has 3 heteroatoms. The molecule has 1 aromatic rings. The van der Waals surface area contributed by atoms with Crippen molar-refractivity contribution < 1.29 is 9.21 Å². The van der Waals surface area contributed by atoms with Gasteiger partial charge in [0.1, 0.15) is 11.5 Å². The average Bonchev–Trinajstić information content (AvgIpc) is 2.88. The van der Waals surface area contributed by atoms with Gasteiger partial charge in [-0.2, -0.15) is 0 Å². The maximum absolute atomic E-state index is 11.4. The molecule has 1 heterocycles. The van der Waals surface area contributed by atoms with Gasteiger partial charge in [-0.3, -0.25) is 4.79 Å². The van der Waals surface area contributed by atoms with Crippen LogP contribution >= 0.6 is 0 Å². The van der Waals surface area contributed by atoms with Gasteiger partial charge in [-0.15, -0.1) is 0 Å². The lowest BCUT2D eigenvalue weighted by Gasteiger charge is -2.01. The third-order valence-corrected chi connectivity index (χ3v) is 3.33. The summed E-state index contributed by atoms with van der Waals surface area (Å²) < 4.78 is 5.75. The lowest BCUT2D eigenvalue weighted by atomic mass is 10.2. The Morgan fingerprint density at radius 2 is 2.29 bits per heavy atom. The molecule has 0 radical (unpaired) electrons. The normalized spacial score (nSPS) is 22.5. The van der Waals surface area contributed by atoms with Gasteiger partial charge in [0, 0.05) is 25.3 Å². The molecule has 1 saturated carbocycles. The first-order valence-corrected chi connectivity index (χ1v) is 6.56. The van der Waals surface area contributed by atoms with Gasteiger partial charge in [-0.05, 0) is 30.9 Å². The zero-order valence-corrected chi connectivity index (χ0v) is 10.7. The van der Waals surface area contributed by atoms with Gasteiger partial charge in [0.25, 0.3) is 0 Å². The van der Waals surface area contributed by atoms with Gasteiger partial charge in [-0.25, -0.2) is 0 Å². The van der Waals surface area contributed by atoms with Crippen LogP contribution in [0.2, 0.25) is 0 Å². The van der Waals surface area contributed by atoms with E-state index >= 15 is 0 Å². The van der Waals surface area contributed by atoms with E-state index in [1.54, 1.807) is 0 Å². The molecule has 2 unspecified atom stereocenters. The summed E-state index contributed by atoms with van der Waals surface area (Å²) in [6.45, 7) is 5.06. The van der Waals surface area contributed by atoms with Gasteiger partial charge in [0.05, 0.1) is 0 Å². The number of rotatable bonds is 6. The molecule has 17 heavy (non-hydrogen) atoms. The molecule has 1 fully saturated rings. The number of amides is 1. The third-order valence-electron chi connectivity index (χ3n) is 3.33. The van der Waals surface area contributed by atoms with E-state index in [0.717, 1.165) is 30.4 Å². The van der Waals surface area contributed by atoms with Gasteiger partial charge >= 0.3 is 0 Å². The first-order chi connectivity index (χ1) is 8.20. The van der Waals surface area contributed by atoms with E-state index in [1.165, 1.54) is 6.42 Å². The SMILES string of the molecule is CCCNC(=O)CCc1ccc(C2CC2C)o1. The van der Waals surface area contributed by atoms with Crippen LogP contribution in [-0.4, -0.2) is 12.5 Å². The minimum atomic E-state index is 0.115. The van der Waals surface area contributed by atoms with Crippen LogP contribution in [0.25, 0.3) is 0 Å². The Labute approximate surface area is 103 Å².